The van der Waals surface area contributed by atoms with Crippen molar-refractivity contribution >= 4 is 19.4 Å². The molecule has 0 saturated heterocycles. The third-order valence-corrected chi connectivity index (χ3v) is 3.47. The van der Waals surface area contributed by atoms with Crippen molar-refractivity contribution in [2.24, 2.45) is 0 Å². The Morgan fingerprint density at radius 3 is 2.80 bits per heavy atom. The van der Waals surface area contributed by atoms with Gasteiger partial charge in [-0.15, -0.1) is 0 Å². The number of aryl methyl sites for hydroxylation is 1. The fraction of sp³-hybridized carbons (Fsp3) is 0.364. The highest BCUT2D eigenvalue weighted by Crippen LogP contribution is 2.15. The molecule has 0 saturated carbocycles. The molecule has 0 spiro atoms. The molecule has 0 fully saturated rings. The Morgan fingerprint density at radius 2 is 2.13 bits per heavy atom. The van der Waals surface area contributed by atoms with Gasteiger partial charge < -0.3 is 0 Å². The largest absolute Gasteiger partial charge is 0.273 e. The lowest BCUT2D eigenvalue weighted by Crippen LogP contribution is -2.19. The van der Waals surface area contributed by atoms with Crippen molar-refractivity contribution in [3.8, 4) is 0 Å². The summed E-state index contributed by atoms with van der Waals surface area (Å²) >= 11 is 0. The number of benzene rings is 1. The summed E-state index contributed by atoms with van der Waals surface area (Å²) < 4.78 is 6.12. The Labute approximate surface area is 90.0 Å². The summed E-state index contributed by atoms with van der Waals surface area (Å²) in [4.78, 5) is 12.1. The van der Waals surface area contributed by atoms with Gasteiger partial charge in [-0.3, -0.25) is 9.12 Å². The second-order valence-corrected chi connectivity index (χ2v) is 4.76. The van der Waals surface area contributed by atoms with Crippen LogP contribution >= 0.6 is 8.51 Å². The van der Waals surface area contributed by atoms with Crippen molar-refractivity contribution in [3.05, 3.63) is 34.1 Å². The van der Waals surface area contributed by atoms with Gasteiger partial charge >= 0.3 is 0 Å². The summed E-state index contributed by atoms with van der Waals surface area (Å²) in [5.41, 5.74) is 1.99. The van der Waals surface area contributed by atoms with Crippen LogP contribution < -0.4 is 5.56 Å². The highest BCUT2D eigenvalue weighted by molar-refractivity contribution is 7.21. The van der Waals surface area contributed by atoms with E-state index in [2.05, 4.69) is 4.75 Å². The van der Waals surface area contributed by atoms with Crippen LogP contribution in [0.3, 0.4) is 0 Å². The molecule has 0 radical (unpaired) electrons. The maximum absolute atomic E-state index is 12.1. The summed E-state index contributed by atoms with van der Waals surface area (Å²) in [7, 11) is 0.731. The predicted molar refractivity (Wildman–Crippen MR) is 63.6 cm³/mol. The smallest absolute Gasteiger partial charge is 0.264 e. The molecule has 0 N–H and O–H groups in total. The standard InChI is InChI=1S/C11H13N2OP/c1-7(2)13-11(14)9-6-8(3)4-5-10(9)12-15-13/h4-7H,1-3H3. The number of nitrogens with zero attached hydrogens (tertiary/aromatic N) is 2. The highest BCUT2D eigenvalue weighted by Gasteiger charge is 2.06. The Morgan fingerprint density at radius 1 is 1.40 bits per heavy atom. The van der Waals surface area contributed by atoms with Crippen LogP contribution in [-0.2, 0) is 0 Å². The monoisotopic (exact) mass is 220 g/mol. The van der Waals surface area contributed by atoms with E-state index < -0.39 is 0 Å². The molecule has 4 heteroatoms. The molecule has 0 amide bonds. The molecule has 1 aromatic carbocycles. The van der Waals surface area contributed by atoms with Gasteiger partial charge in [0.1, 0.15) is 8.51 Å². The van der Waals surface area contributed by atoms with Gasteiger partial charge in [-0.2, -0.15) is 0 Å². The summed E-state index contributed by atoms with van der Waals surface area (Å²) in [5, 5.41) is 0.724. The van der Waals surface area contributed by atoms with E-state index in [1.807, 2.05) is 39.0 Å². The molecular formula is C11H13N2OP. The van der Waals surface area contributed by atoms with Crippen molar-refractivity contribution in [2.75, 3.05) is 0 Å². The lowest BCUT2D eigenvalue weighted by atomic mass is 10.2. The Bertz CT molecular complexity index is 560. The van der Waals surface area contributed by atoms with Crippen molar-refractivity contribution in [1.29, 1.82) is 0 Å². The van der Waals surface area contributed by atoms with Crippen LogP contribution in [0.4, 0.5) is 0 Å². The van der Waals surface area contributed by atoms with Gasteiger partial charge in [-0.05, 0) is 32.9 Å². The molecule has 2 aromatic rings. The molecule has 0 aliphatic heterocycles. The van der Waals surface area contributed by atoms with E-state index in [9.17, 15) is 4.79 Å². The number of hydrogen-bond acceptors (Lipinski definition) is 2. The van der Waals surface area contributed by atoms with E-state index >= 15 is 0 Å². The molecule has 0 atom stereocenters. The zero-order valence-electron chi connectivity index (χ0n) is 9.06. The van der Waals surface area contributed by atoms with Crippen LogP contribution in [0, 0.1) is 6.92 Å². The molecule has 78 valence electrons. The average Bonchev–Trinajstić information content (AvgIpc) is 2.19. The van der Waals surface area contributed by atoms with Crippen molar-refractivity contribution in [1.82, 2.24) is 9.08 Å². The van der Waals surface area contributed by atoms with Gasteiger partial charge in [0.25, 0.3) is 5.56 Å². The zero-order valence-corrected chi connectivity index (χ0v) is 9.95. The highest BCUT2D eigenvalue weighted by atomic mass is 31.1. The quantitative estimate of drug-likeness (QED) is 0.740. The Hall–Kier alpha value is -1.21. The Kier molecular flexibility index (Phi) is 2.57. The molecule has 0 unspecified atom stereocenters. The summed E-state index contributed by atoms with van der Waals surface area (Å²) in [6.45, 7) is 5.99. The third kappa shape index (κ3) is 1.80. The molecule has 0 bridgehead atoms. The van der Waals surface area contributed by atoms with Crippen LogP contribution in [0.2, 0.25) is 0 Å². The minimum Gasteiger partial charge on any atom is -0.273 e. The van der Waals surface area contributed by atoms with Gasteiger partial charge in [0.05, 0.1) is 10.9 Å². The molecular weight excluding hydrogens is 207 g/mol. The van der Waals surface area contributed by atoms with Crippen LogP contribution in [-0.4, -0.2) is 9.08 Å². The fourth-order valence-electron chi connectivity index (χ4n) is 1.51. The van der Waals surface area contributed by atoms with E-state index in [0.29, 0.717) is 0 Å². The van der Waals surface area contributed by atoms with E-state index in [0.717, 1.165) is 25.0 Å². The number of rotatable bonds is 1. The predicted octanol–water partition coefficient (Wildman–Crippen LogP) is 2.87. The third-order valence-electron chi connectivity index (χ3n) is 2.33. The maximum atomic E-state index is 12.1. The lowest BCUT2D eigenvalue weighted by molar-refractivity contribution is 0.633. The molecule has 15 heavy (non-hydrogen) atoms. The maximum Gasteiger partial charge on any atom is 0.264 e. The van der Waals surface area contributed by atoms with Crippen molar-refractivity contribution < 1.29 is 0 Å². The fourth-order valence-corrected chi connectivity index (χ4v) is 2.27. The average molecular weight is 220 g/mol. The number of fused-ring (bicyclic) bond motifs is 1. The van der Waals surface area contributed by atoms with Gasteiger partial charge in [0.15, 0.2) is 0 Å². The summed E-state index contributed by atoms with van der Waals surface area (Å²) in [6.07, 6.45) is 0. The molecule has 1 aromatic heterocycles. The van der Waals surface area contributed by atoms with E-state index in [-0.39, 0.29) is 11.6 Å². The van der Waals surface area contributed by atoms with Crippen LogP contribution in [0.15, 0.2) is 23.0 Å². The van der Waals surface area contributed by atoms with E-state index in [1.54, 1.807) is 4.33 Å². The van der Waals surface area contributed by atoms with Gasteiger partial charge in [0, 0.05) is 6.04 Å². The minimum absolute atomic E-state index is 0.0837. The normalized spacial score (nSPS) is 11.7. The lowest BCUT2D eigenvalue weighted by Gasteiger charge is -2.08. The zero-order chi connectivity index (χ0) is 11.0. The first-order valence-corrected chi connectivity index (χ1v) is 5.75. The molecule has 0 aliphatic carbocycles. The second kappa shape index (κ2) is 3.74. The van der Waals surface area contributed by atoms with Gasteiger partial charge in [0.2, 0.25) is 0 Å². The first kappa shape index (κ1) is 10.3. The first-order chi connectivity index (χ1) is 7.09. The summed E-state index contributed by atoms with van der Waals surface area (Å²) in [5.74, 6) is 0. The minimum atomic E-state index is 0.0837. The topological polar surface area (TPSA) is 34.9 Å². The number of aromatic nitrogens is 2. The molecule has 2 rings (SSSR count). The van der Waals surface area contributed by atoms with Crippen LogP contribution in [0.25, 0.3) is 10.9 Å². The van der Waals surface area contributed by atoms with Crippen molar-refractivity contribution in [3.63, 3.8) is 0 Å². The molecule has 1 heterocycles. The SMILES string of the molecule is Cc1ccc2npn(C(C)C)c(=O)c2c1. The van der Waals surface area contributed by atoms with E-state index in [1.165, 1.54) is 0 Å². The van der Waals surface area contributed by atoms with Gasteiger partial charge in [-0.25, -0.2) is 4.75 Å². The summed E-state index contributed by atoms with van der Waals surface area (Å²) in [6, 6.07) is 5.99. The first-order valence-electron chi connectivity index (χ1n) is 4.95. The number of hydrogen-bond donors (Lipinski definition) is 0. The Balaban J connectivity index is 2.83. The van der Waals surface area contributed by atoms with Crippen molar-refractivity contribution in [2.45, 2.75) is 26.8 Å². The molecule has 3 nitrogen and oxygen atoms in total. The molecule has 0 aliphatic rings. The second-order valence-electron chi connectivity index (χ2n) is 3.95. The van der Waals surface area contributed by atoms with Crippen LogP contribution in [0.5, 0.6) is 0 Å². The van der Waals surface area contributed by atoms with Gasteiger partial charge in [-0.1, -0.05) is 11.6 Å². The van der Waals surface area contributed by atoms with Crippen LogP contribution in [0.1, 0.15) is 25.5 Å². The van der Waals surface area contributed by atoms with E-state index in [4.69, 9.17) is 0 Å².